The number of carbonyl (C=O) groups excluding carboxylic acids is 1. The smallest absolute Gasteiger partial charge is 0.254 e. The Morgan fingerprint density at radius 2 is 1.57 bits per heavy atom. The molecule has 1 fully saturated rings. The molecule has 1 amide bonds. The molecule has 0 N–H and O–H groups in total. The lowest BCUT2D eigenvalue weighted by atomic mass is 10.1. The Kier molecular flexibility index (Phi) is 6.41. The molecule has 0 bridgehead atoms. The van der Waals surface area contributed by atoms with E-state index in [4.69, 9.17) is 14.2 Å². The number of benzene rings is 2. The number of piperazine rings is 1. The third kappa shape index (κ3) is 4.39. The summed E-state index contributed by atoms with van der Waals surface area (Å²) in [5.74, 6) is 1.45. The second-order valence-corrected chi connectivity index (χ2v) is 6.97. The number of rotatable bonds is 6. The van der Waals surface area contributed by atoms with Crippen LogP contribution in [-0.4, -0.2) is 63.2 Å². The van der Waals surface area contributed by atoms with Gasteiger partial charge in [-0.3, -0.25) is 9.69 Å². The van der Waals surface area contributed by atoms with Crippen LogP contribution < -0.4 is 14.2 Å². The summed E-state index contributed by atoms with van der Waals surface area (Å²) >= 11 is 0. The summed E-state index contributed by atoms with van der Waals surface area (Å²) in [5, 5.41) is 0. The zero-order valence-corrected chi connectivity index (χ0v) is 17.0. The molecule has 6 heteroatoms. The number of carbonyl (C=O) groups is 1. The van der Waals surface area contributed by atoms with Crippen molar-refractivity contribution in [3.05, 3.63) is 53.1 Å². The molecule has 0 radical (unpaired) electrons. The van der Waals surface area contributed by atoms with Gasteiger partial charge < -0.3 is 19.1 Å². The largest absolute Gasteiger partial charge is 0.493 e. The van der Waals surface area contributed by atoms with Crippen molar-refractivity contribution in [1.82, 2.24) is 9.80 Å². The summed E-state index contributed by atoms with van der Waals surface area (Å²) in [4.78, 5) is 17.3. The SMILES string of the molecule is COc1cc(C(=O)N2CCN(Cc3cccc(C)c3)CC2)cc(OC)c1OC. The van der Waals surface area contributed by atoms with Gasteiger partial charge in [-0.2, -0.15) is 0 Å². The van der Waals surface area contributed by atoms with Gasteiger partial charge in [-0.25, -0.2) is 0 Å². The molecule has 0 aromatic heterocycles. The van der Waals surface area contributed by atoms with Gasteiger partial charge in [0.1, 0.15) is 0 Å². The van der Waals surface area contributed by atoms with Gasteiger partial charge in [0.05, 0.1) is 21.3 Å². The van der Waals surface area contributed by atoms with Crippen LogP contribution in [0, 0.1) is 6.92 Å². The second kappa shape index (κ2) is 8.97. The van der Waals surface area contributed by atoms with E-state index in [1.54, 1.807) is 33.5 Å². The van der Waals surface area contributed by atoms with Crippen molar-refractivity contribution in [2.24, 2.45) is 0 Å². The molecular weight excluding hydrogens is 356 g/mol. The van der Waals surface area contributed by atoms with Crippen LogP contribution in [0.5, 0.6) is 17.2 Å². The number of amides is 1. The molecule has 1 aliphatic rings. The molecule has 0 spiro atoms. The molecule has 0 unspecified atom stereocenters. The first kappa shape index (κ1) is 20.0. The molecule has 6 nitrogen and oxygen atoms in total. The molecule has 1 aliphatic heterocycles. The van der Waals surface area contributed by atoms with Crippen molar-refractivity contribution >= 4 is 5.91 Å². The summed E-state index contributed by atoms with van der Waals surface area (Å²) in [5.41, 5.74) is 3.12. The van der Waals surface area contributed by atoms with Gasteiger partial charge in [0, 0.05) is 38.3 Å². The maximum Gasteiger partial charge on any atom is 0.254 e. The van der Waals surface area contributed by atoms with E-state index >= 15 is 0 Å². The van der Waals surface area contributed by atoms with E-state index in [1.165, 1.54) is 11.1 Å². The van der Waals surface area contributed by atoms with Crippen LogP contribution in [0.25, 0.3) is 0 Å². The van der Waals surface area contributed by atoms with Gasteiger partial charge in [-0.15, -0.1) is 0 Å². The van der Waals surface area contributed by atoms with E-state index in [0.717, 1.165) is 19.6 Å². The number of hydrogen-bond acceptors (Lipinski definition) is 5. The Labute approximate surface area is 166 Å². The van der Waals surface area contributed by atoms with Gasteiger partial charge in [-0.1, -0.05) is 29.8 Å². The highest BCUT2D eigenvalue weighted by atomic mass is 16.5. The second-order valence-electron chi connectivity index (χ2n) is 6.97. The highest BCUT2D eigenvalue weighted by molar-refractivity contribution is 5.95. The van der Waals surface area contributed by atoms with Gasteiger partial charge in [-0.05, 0) is 24.6 Å². The van der Waals surface area contributed by atoms with Crippen molar-refractivity contribution in [2.75, 3.05) is 47.5 Å². The number of aryl methyl sites for hydroxylation is 1. The van der Waals surface area contributed by atoms with Crippen molar-refractivity contribution in [2.45, 2.75) is 13.5 Å². The van der Waals surface area contributed by atoms with Crippen LogP contribution in [0.3, 0.4) is 0 Å². The fraction of sp³-hybridized carbons (Fsp3) is 0.409. The van der Waals surface area contributed by atoms with E-state index in [0.29, 0.717) is 35.9 Å². The minimum atomic E-state index is -0.0190. The molecule has 1 saturated heterocycles. The topological polar surface area (TPSA) is 51.2 Å². The molecule has 28 heavy (non-hydrogen) atoms. The predicted molar refractivity (Wildman–Crippen MR) is 108 cm³/mol. The third-order valence-electron chi connectivity index (χ3n) is 5.06. The monoisotopic (exact) mass is 384 g/mol. The Bertz CT molecular complexity index is 804. The quantitative estimate of drug-likeness (QED) is 0.766. The molecular formula is C22H28N2O4. The minimum absolute atomic E-state index is 0.0190. The Hall–Kier alpha value is -2.73. The molecule has 150 valence electrons. The van der Waals surface area contributed by atoms with Crippen LogP contribution in [0.1, 0.15) is 21.5 Å². The van der Waals surface area contributed by atoms with Crippen LogP contribution in [-0.2, 0) is 6.54 Å². The zero-order chi connectivity index (χ0) is 20.1. The van der Waals surface area contributed by atoms with Crippen molar-refractivity contribution in [3.8, 4) is 17.2 Å². The normalized spacial score (nSPS) is 14.6. The first-order valence-electron chi connectivity index (χ1n) is 9.43. The number of nitrogens with zero attached hydrogens (tertiary/aromatic N) is 2. The van der Waals surface area contributed by atoms with Crippen molar-refractivity contribution in [1.29, 1.82) is 0 Å². The maximum absolute atomic E-state index is 13.0. The van der Waals surface area contributed by atoms with Gasteiger partial charge in [0.25, 0.3) is 5.91 Å². The number of ether oxygens (including phenoxy) is 3. The van der Waals surface area contributed by atoms with Crippen molar-refractivity contribution < 1.29 is 19.0 Å². The Balaban J connectivity index is 1.66. The molecule has 0 atom stereocenters. The van der Waals surface area contributed by atoms with E-state index in [2.05, 4.69) is 36.1 Å². The first-order valence-corrected chi connectivity index (χ1v) is 9.43. The lowest BCUT2D eigenvalue weighted by Crippen LogP contribution is -2.48. The van der Waals surface area contributed by atoms with Gasteiger partial charge >= 0.3 is 0 Å². The Morgan fingerprint density at radius 1 is 0.929 bits per heavy atom. The number of hydrogen-bond donors (Lipinski definition) is 0. The standard InChI is InChI=1S/C22H28N2O4/c1-16-6-5-7-17(12-16)15-23-8-10-24(11-9-23)22(25)18-13-19(26-2)21(28-4)20(14-18)27-3/h5-7,12-14H,8-11,15H2,1-4H3. The van der Waals surface area contributed by atoms with E-state index < -0.39 is 0 Å². The van der Waals surface area contributed by atoms with E-state index in [1.807, 2.05) is 4.90 Å². The molecule has 2 aromatic carbocycles. The third-order valence-corrected chi connectivity index (χ3v) is 5.06. The Morgan fingerprint density at radius 3 is 2.11 bits per heavy atom. The van der Waals surface area contributed by atoms with Gasteiger partial charge in [0.2, 0.25) is 5.75 Å². The summed E-state index contributed by atoms with van der Waals surface area (Å²) < 4.78 is 16.1. The summed E-state index contributed by atoms with van der Waals surface area (Å²) in [6.45, 7) is 6.11. The van der Waals surface area contributed by atoms with Crippen LogP contribution in [0.15, 0.2) is 36.4 Å². The van der Waals surface area contributed by atoms with Gasteiger partial charge in [0.15, 0.2) is 11.5 Å². The highest BCUT2D eigenvalue weighted by Crippen LogP contribution is 2.38. The van der Waals surface area contributed by atoms with E-state index in [-0.39, 0.29) is 5.91 Å². The predicted octanol–water partition coefficient (Wildman–Crippen LogP) is 2.98. The summed E-state index contributed by atoms with van der Waals surface area (Å²) in [6, 6.07) is 12.0. The average Bonchev–Trinajstić information content (AvgIpc) is 2.72. The summed E-state index contributed by atoms with van der Waals surface area (Å²) in [6.07, 6.45) is 0. The molecule has 0 aliphatic carbocycles. The fourth-order valence-corrected chi connectivity index (χ4v) is 3.56. The van der Waals surface area contributed by atoms with Crippen LogP contribution in [0.2, 0.25) is 0 Å². The molecule has 2 aromatic rings. The minimum Gasteiger partial charge on any atom is -0.493 e. The lowest BCUT2D eigenvalue weighted by Gasteiger charge is -2.35. The average molecular weight is 384 g/mol. The zero-order valence-electron chi connectivity index (χ0n) is 17.0. The van der Waals surface area contributed by atoms with Crippen molar-refractivity contribution in [3.63, 3.8) is 0 Å². The fourth-order valence-electron chi connectivity index (χ4n) is 3.56. The molecule has 0 saturated carbocycles. The highest BCUT2D eigenvalue weighted by Gasteiger charge is 2.24. The number of methoxy groups -OCH3 is 3. The van der Waals surface area contributed by atoms with Crippen LogP contribution in [0.4, 0.5) is 0 Å². The molecule has 1 heterocycles. The lowest BCUT2D eigenvalue weighted by molar-refractivity contribution is 0.0627. The van der Waals surface area contributed by atoms with Crippen LogP contribution >= 0.6 is 0 Å². The maximum atomic E-state index is 13.0. The summed E-state index contributed by atoms with van der Waals surface area (Å²) in [7, 11) is 4.65. The first-order chi connectivity index (χ1) is 13.5. The van der Waals surface area contributed by atoms with E-state index in [9.17, 15) is 4.79 Å². The molecule has 3 rings (SSSR count).